The van der Waals surface area contributed by atoms with Gasteiger partial charge in [-0.15, -0.1) is 0 Å². The zero-order chi connectivity index (χ0) is 15.7. The van der Waals surface area contributed by atoms with Crippen LogP contribution in [0, 0.1) is 0 Å². The van der Waals surface area contributed by atoms with Crippen molar-refractivity contribution in [3.05, 3.63) is 63.0 Å². The van der Waals surface area contributed by atoms with Gasteiger partial charge in [0.05, 0.1) is 4.91 Å². The quantitative estimate of drug-likeness (QED) is 0.589. The van der Waals surface area contributed by atoms with Gasteiger partial charge in [-0.05, 0) is 41.5 Å². The minimum atomic E-state index is -0.166. The van der Waals surface area contributed by atoms with Gasteiger partial charge < -0.3 is 5.32 Å². The summed E-state index contributed by atoms with van der Waals surface area (Å²) in [5.41, 5.74) is 2.69. The van der Waals surface area contributed by atoms with Gasteiger partial charge in [0.25, 0.3) is 5.91 Å². The highest BCUT2D eigenvalue weighted by atomic mass is 35.5. The molecule has 1 fully saturated rings. The Morgan fingerprint density at radius 1 is 1.14 bits per heavy atom. The van der Waals surface area contributed by atoms with Gasteiger partial charge in [0.1, 0.15) is 4.32 Å². The summed E-state index contributed by atoms with van der Waals surface area (Å²) in [5.74, 6) is -0.166. The van der Waals surface area contributed by atoms with E-state index in [0.717, 1.165) is 16.7 Å². The smallest absolute Gasteiger partial charge is 0.263 e. The lowest BCUT2D eigenvalue weighted by atomic mass is 10.0. The van der Waals surface area contributed by atoms with Crippen LogP contribution in [0.15, 0.2) is 47.4 Å². The zero-order valence-corrected chi connectivity index (χ0v) is 14.2. The van der Waals surface area contributed by atoms with Crippen molar-refractivity contribution in [2.45, 2.75) is 0 Å². The predicted molar refractivity (Wildman–Crippen MR) is 98.2 cm³/mol. The van der Waals surface area contributed by atoms with E-state index in [1.807, 2.05) is 30.3 Å². The molecule has 6 heteroatoms. The summed E-state index contributed by atoms with van der Waals surface area (Å²) in [6.45, 7) is 0. The summed E-state index contributed by atoms with van der Waals surface area (Å²) >= 11 is 18.5. The maximum Gasteiger partial charge on any atom is 0.263 e. The van der Waals surface area contributed by atoms with Crippen molar-refractivity contribution in [1.29, 1.82) is 0 Å². The maximum absolute atomic E-state index is 11.7. The maximum atomic E-state index is 11.7. The van der Waals surface area contributed by atoms with Crippen LogP contribution in [0.5, 0.6) is 0 Å². The van der Waals surface area contributed by atoms with Gasteiger partial charge in [-0.3, -0.25) is 4.79 Å². The molecule has 110 valence electrons. The minimum Gasteiger partial charge on any atom is -0.307 e. The molecular weight excluding hydrogens is 357 g/mol. The monoisotopic (exact) mass is 365 g/mol. The molecule has 0 radical (unpaired) electrons. The van der Waals surface area contributed by atoms with Gasteiger partial charge >= 0.3 is 0 Å². The van der Waals surface area contributed by atoms with Gasteiger partial charge in [0, 0.05) is 15.6 Å². The number of rotatable bonds is 2. The number of thioether (sulfide) groups is 1. The SMILES string of the molecule is O=C1NC(=S)S/C1=C\c1cccc(-c2cc(Cl)ccc2Cl)c1. The molecular formula is C16H9Cl2NOS2. The van der Waals surface area contributed by atoms with E-state index < -0.39 is 0 Å². The van der Waals surface area contributed by atoms with Crippen LogP contribution < -0.4 is 5.32 Å². The first-order valence-corrected chi connectivity index (χ1v) is 8.31. The molecule has 0 aromatic heterocycles. The molecule has 2 nitrogen and oxygen atoms in total. The summed E-state index contributed by atoms with van der Waals surface area (Å²) in [5, 5.41) is 3.85. The highest BCUT2D eigenvalue weighted by Crippen LogP contribution is 2.32. The molecule has 22 heavy (non-hydrogen) atoms. The van der Waals surface area contributed by atoms with Gasteiger partial charge in [-0.25, -0.2) is 0 Å². The Hall–Kier alpha value is -1.33. The highest BCUT2D eigenvalue weighted by Gasteiger charge is 2.21. The third-order valence-corrected chi connectivity index (χ3v) is 4.79. The van der Waals surface area contributed by atoms with Crippen LogP contribution >= 0.6 is 47.2 Å². The molecule has 0 aliphatic carbocycles. The molecule has 0 saturated carbocycles. The summed E-state index contributed by atoms with van der Waals surface area (Å²) in [7, 11) is 0. The summed E-state index contributed by atoms with van der Waals surface area (Å²) in [6, 6.07) is 13.1. The molecule has 0 spiro atoms. The average Bonchev–Trinajstić information content (AvgIpc) is 2.80. The zero-order valence-electron chi connectivity index (χ0n) is 11.1. The van der Waals surface area contributed by atoms with E-state index >= 15 is 0 Å². The van der Waals surface area contributed by atoms with E-state index in [4.69, 9.17) is 35.4 Å². The first-order valence-electron chi connectivity index (χ1n) is 6.33. The number of thiocarbonyl (C=S) groups is 1. The molecule has 0 atom stereocenters. The van der Waals surface area contributed by atoms with Crippen LogP contribution in [0.3, 0.4) is 0 Å². The molecule has 1 amide bonds. The lowest BCUT2D eigenvalue weighted by molar-refractivity contribution is -0.115. The second-order valence-corrected chi connectivity index (χ2v) is 7.16. The van der Waals surface area contributed by atoms with E-state index in [1.165, 1.54) is 11.8 Å². The van der Waals surface area contributed by atoms with Crippen molar-refractivity contribution < 1.29 is 4.79 Å². The van der Waals surface area contributed by atoms with Crippen LogP contribution in [0.1, 0.15) is 5.56 Å². The molecule has 1 aliphatic rings. The number of carbonyl (C=O) groups is 1. The van der Waals surface area contributed by atoms with E-state index in [2.05, 4.69) is 5.32 Å². The highest BCUT2D eigenvalue weighted by molar-refractivity contribution is 8.26. The molecule has 0 unspecified atom stereocenters. The topological polar surface area (TPSA) is 29.1 Å². The standard InChI is InChI=1S/C16H9Cl2NOS2/c17-11-4-5-13(18)12(8-11)10-3-1-2-9(6-10)7-14-15(20)19-16(21)22-14/h1-8H,(H,19,20,21)/b14-7-. The average molecular weight is 366 g/mol. The molecule has 1 saturated heterocycles. The molecule has 0 bridgehead atoms. The van der Waals surface area contributed by atoms with Crippen LogP contribution in [0.4, 0.5) is 0 Å². The van der Waals surface area contributed by atoms with Crippen LogP contribution in [0.25, 0.3) is 17.2 Å². The molecule has 2 aromatic rings. The van der Waals surface area contributed by atoms with Gasteiger partial charge in [-0.1, -0.05) is 65.4 Å². The summed E-state index contributed by atoms with van der Waals surface area (Å²) in [4.78, 5) is 12.3. The van der Waals surface area contributed by atoms with Crippen molar-refractivity contribution in [3.8, 4) is 11.1 Å². The molecule has 2 aromatic carbocycles. The molecule has 1 heterocycles. The lowest BCUT2D eigenvalue weighted by Gasteiger charge is -2.06. The number of hydrogen-bond acceptors (Lipinski definition) is 3. The Kier molecular flexibility index (Phi) is 4.54. The van der Waals surface area contributed by atoms with Crippen molar-refractivity contribution in [1.82, 2.24) is 5.32 Å². The Morgan fingerprint density at radius 3 is 2.68 bits per heavy atom. The first-order chi connectivity index (χ1) is 10.5. The normalized spacial score (nSPS) is 16.2. The van der Waals surface area contributed by atoms with E-state index in [0.29, 0.717) is 19.3 Å². The molecule has 3 rings (SSSR count). The van der Waals surface area contributed by atoms with Crippen LogP contribution in [-0.2, 0) is 4.79 Å². The number of hydrogen-bond donors (Lipinski definition) is 1. The van der Waals surface area contributed by atoms with Crippen LogP contribution in [-0.4, -0.2) is 10.2 Å². The van der Waals surface area contributed by atoms with Crippen molar-refractivity contribution in [3.63, 3.8) is 0 Å². The van der Waals surface area contributed by atoms with E-state index in [1.54, 1.807) is 18.2 Å². The fourth-order valence-electron chi connectivity index (χ4n) is 2.09. The molecule has 1 N–H and O–H groups in total. The predicted octanol–water partition coefficient (Wildman–Crippen LogP) is 5.15. The van der Waals surface area contributed by atoms with E-state index in [-0.39, 0.29) is 5.91 Å². The lowest BCUT2D eigenvalue weighted by Crippen LogP contribution is -2.17. The minimum absolute atomic E-state index is 0.166. The van der Waals surface area contributed by atoms with Crippen LogP contribution in [0.2, 0.25) is 10.0 Å². The number of nitrogens with one attached hydrogen (secondary N) is 1. The third kappa shape index (κ3) is 3.36. The molecule has 1 aliphatic heterocycles. The van der Waals surface area contributed by atoms with Crippen molar-refractivity contribution in [2.75, 3.05) is 0 Å². The van der Waals surface area contributed by atoms with Crippen molar-refractivity contribution in [2.24, 2.45) is 0 Å². The van der Waals surface area contributed by atoms with Crippen molar-refractivity contribution >= 4 is 63.5 Å². The number of amides is 1. The second-order valence-electron chi connectivity index (χ2n) is 4.60. The Bertz CT molecular complexity index is 818. The Morgan fingerprint density at radius 2 is 1.95 bits per heavy atom. The number of carbonyl (C=O) groups excluding carboxylic acids is 1. The van der Waals surface area contributed by atoms with Gasteiger partial charge in [-0.2, -0.15) is 0 Å². The summed E-state index contributed by atoms with van der Waals surface area (Å²) < 4.78 is 0.477. The Labute approximate surface area is 147 Å². The summed E-state index contributed by atoms with van der Waals surface area (Å²) in [6.07, 6.45) is 1.81. The fourth-order valence-corrected chi connectivity index (χ4v) is 3.53. The van der Waals surface area contributed by atoms with Gasteiger partial charge in [0.15, 0.2) is 0 Å². The largest absolute Gasteiger partial charge is 0.307 e. The number of halogens is 2. The first kappa shape index (κ1) is 15.6. The third-order valence-electron chi connectivity index (χ3n) is 3.07. The second kappa shape index (κ2) is 6.42. The fraction of sp³-hybridized carbons (Fsp3) is 0. The van der Waals surface area contributed by atoms with E-state index in [9.17, 15) is 4.79 Å². The van der Waals surface area contributed by atoms with Gasteiger partial charge in [0.2, 0.25) is 0 Å². The number of benzene rings is 2. The Balaban J connectivity index is 2.00.